The molecule has 0 saturated carbocycles. The van der Waals surface area contributed by atoms with Gasteiger partial charge in [-0.05, 0) is 30.5 Å². The Morgan fingerprint density at radius 1 is 1.22 bits per heavy atom. The number of benzene rings is 1. The zero-order valence-electron chi connectivity index (χ0n) is 11.1. The molecule has 0 spiro atoms. The monoisotopic (exact) mass is 249 g/mol. The van der Waals surface area contributed by atoms with Crippen LogP contribution in [0.2, 0.25) is 0 Å². The third kappa shape index (κ3) is 4.20. The second-order valence-corrected chi connectivity index (χ2v) is 4.55. The second-order valence-electron chi connectivity index (χ2n) is 4.55. The molecule has 1 rings (SSSR count). The first kappa shape index (κ1) is 14.2. The number of amides is 1. The largest absolute Gasteiger partial charge is 0.481 e. The predicted octanol–water partition coefficient (Wildman–Crippen LogP) is 1.78. The quantitative estimate of drug-likeness (QED) is 0.865. The molecule has 0 aliphatic carbocycles. The summed E-state index contributed by atoms with van der Waals surface area (Å²) < 4.78 is 0. The van der Waals surface area contributed by atoms with E-state index in [2.05, 4.69) is 0 Å². The minimum Gasteiger partial charge on any atom is -0.481 e. The molecule has 0 aliphatic heterocycles. The normalized spacial score (nSPS) is 10.2. The van der Waals surface area contributed by atoms with E-state index >= 15 is 0 Å². The standard InChI is InChI=1S/C14H19NO3/c1-10-4-5-12(8-11(10)2)9-13(16)15(3)7-6-14(17)18/h4-5,8H,6-7,9H2,1-3H3,(H,17,18). The molecule has 0 saturated heterocycles. The summed E-state index contributed by atoms with van der Waals surface area (Å²) in [5.74, 6) is -0.944. The van der Waals surface area contributed by atoms with Gasteiger partial charge in [0.15, 0.2) is 0 Å². The smallest absolute Gasteiger partial charge is 0.305 e. The minimum atomic E-state index is -0.888. The number of likely N-dealkylation sites (N-methyl/N-ethyl adjacent to an activating group) is 1. The van der Waals surface area contributed by atoms with Gasteiger partial charge in [-0.15, -0.1) is 0 Å². The fraction of sp³-hybridized carbons (Fsp3) is 0.429. The number of carboxylic acid groups (broad SMARTS) is 1. The highest BCUT2D eigenvalue weighted by molar-refractivity contribution is 5.79. The highest BCUT2D eigenvalue weighted by Gasteiger charge is 2.11. The van der Waals surface area contributed by atoms with Crippen molar-refractivity contribution in [3.8, 4) is 0 Å². The van der Waals surface area contributed by atoms with Crippen LogP contribution in [-0.2, 0) is 16.0 Å². The number of nitrogens with zero attached hydrogens (tertiary/aromatic N) is 1. The minimum absolute atomic E-state index is 0.0187. The summed E-state index contributed by atoms with van der Waals surface area (Å²) in [5, 5.41) is 8.56. The maximum Gasteiger partial charge on any atom is 0.305 e. The molecule has 0 radical (unpaired) electrons. The molecule has 98 valence electrons. The van der Waals surface area contributed by atoms with Crippen molar-refractivity contribution in [1.82, 2.24) is 4.90 Å². The third-order valence-corrected chi connectivity index (χ3v) is 3.01. The van der Waals surface area contributed by atoms with Crippen LogP contribution >= 0.6 is 0 Å². The summed E-state index contributed by atoms with van der Waals surface area (Å²) in [7, 11) is 1.63. The van der Waals surface area contributed by atoms with Gasteiger partial charge in [0.1, 0.15) is 0 Å². The lowest BCUT2D eigenvalue weighted by Gasteiger charge is -2.16. The molecule has 4 heteroatoms. The Balaban J connectivity index is 2.58. The van der Waals surface area contributed by atoms with Crippen LogP contribution in [0, 0.1) is 13.8 Å². The number of carbonyl (C=O) groups excluding carboxylic acids is 1. The number of aliphatic carboxylic acids is 1. The van der Waals surface area contributed by atoms with Crippen LogP contribution in [0.3, 0.4) is 0 Å². The highest BCUT2D eigenvalue weighted by atomic mass is 16.4. The fourth-order valence-corrected chi connectivity index (χ4v) is 1.61. The van der Waals surface area contributed by atoms with Crippen LogP contribution in [0.1, 0.15) is 23.1 Å². The van der Waals surface area contributed by atoms with E-state index in [0.717, 1.165) is 11.1 Å². The van der Waals surface area contributed by atoms with Gasteiger partial charge in [-0.2, -0.15) is 0 Å². The summed E-state index contributed by atoms with van der Waals surface area (Å²) in [6, 6.07) is 5.93. The molecule has 1 aromatic carbocycles. The summed E-state index contributed by atoms with van der Waals surface area (Å²) in [4.78, 5) is 23.7. The van der Waals surface area contributed by atoms with Gasteiger partial charge in [0.05, 0.1) is 12.8 Å². The molecule has 0 atom stereocenters. The van der Waals surface area contributed by atoms with Gasteiger partial charge in [0.2, 0.25) is 5.91 Å². The van der Waals surface area contributed by atoms with Crippen molar-refractivity contribution in [3.05, 3.63) is 34.9 Å². The summed E-state index contributed by atoms with van der Waals surface area (Å²) >= 11 is 0. The van der Waals surface area contributed by atoms with E-state index in [1.54, 1.807) is 7.05 Å². The molecular weight excluding hydrogens is 230 g/mol. The number of hydrogen-bond donors (Lipinski definition) is 1. The number of hydrogen-bond acceptors (Lipinski definition) is 2. The third-order valence-electron chi connectivity index (χ3n) is 3.01. The van der Waals surface area contributed by atoms with Crippen LogP contribution in [-0.4, -0.2) is 35.5 Å². The van der Waals surface area contributed by atoms with Crippen molar-refractivity contribution < 1.29 is 14.7 Å². The van der Waals surface area contributed by atoms with Gasteiger partial charge < -0.3 is 10.0 Å². The van der Waals surface area contributed by atoms with Crippen molar-refractivity contribution in [2.45, 2.75) is 26.7 Å². The Morgan fingerprint density at radius 2 is 1.89 bits per heavy atom. The molecule has 0 aliphatic rings. The van der Waals surface area contributed by atoms with Gasteiger partial charge in [0, 0.05) is 13.6 Å². The van der Waals surface area contributed by atoms with E-state index in [9.17, 15) is 9.59 Å². The van der Waals surface area contributed by atoms with Crippen molar-refractivity contribution in [2.75, 3.05) is 13.6 Å². The van der Waals surface area contributed by atoms with Gasteiger partial charge in [-0.1, -0.05) is 18.2 Å². The van der Waals surface area contributed by atoms with Crippen molar-refractivity contribution >= 4 is 11.9 Å². The van der Waals surface area contributed by atoms with Crippen LogP contribution in [0.4, 0.5) is 0 Å². The predicted molar refractivity (Wildman–Crippen MR) is 69.5 cm³/mol. The Kier molecular flexibility index (Phi) is 4.89. The first-order chi connectivity index (χ1) is 8.40. The van der Waals surface area contributed by atoms with Gasteiger partial charge >= 0.3 is 5.97 Å². The van der Waals surface area contributed by atoms with E-state index in [1.807, 2.05) is 32.0 Å². The molecule has 4 nitrogen and oxygen atoms in total. The number of carbonyl (C=O) groups is 2. The second kappa shape index (κ2) is 6.19. The topological polar surface area (TPSA) is 57.6 Å². The number of rotatable bonds is 5. The summed E-state index contributed by atoms with van der Waals surface area (Å²) in [5.41, 5.74) is 3.32. The zero-order valence-corrected chi connectivity index (χ0v) is 11.1. The zero-order chi connectivity index (χ0) is 13.7. The number of aryl methyl sites for hydroxylation is 2. The Morgan fingerprint density at radius 3 is 2.44 bits per heavy atom. The SMILES string of the molecule is Cc1ccc(CC(=O)N(C)CCC(=O)O)cc1C. The van der Waals surface area contributed by atoms with Crippen molar-refractivity contribution in [1.29, 1.82) is 0 Å². The molecule has 0 unspecified atom stereocenters. The van der Waals surface area contributed by atoms with E-state index in [1.165, 1.54) is 10.5 Å². The average molecular weight is 249 g/mol. The highest BCUT2D eigenvalue weighted by Crippen LogP contribution is 2.11. The number of carboxylic acids is 1. The summed E-state index contributed by atoms with van der Waals surface area (Å²) in [6.45, 7) is 4.29. The average Bonchev–Trinajstić information content (AvgIpc) is 2.30. The molecule has 0 aromatic heterocycles. The molecule has 0 fully saturated rings. The van der Waals surface area contributed by atoms with Crippen LogP contribution in [0.15, 0.2) is 18.2 Å². The Hall–Kier alpha value is -1.84. The molecule has 1 aromatic rings. The first-order valence-electron chi connectivity index (χ1n) is 5.92. The summed E-state index contributed by atoms with van der Waals surface area (Å²) in [6.07, 6.45) is 0.298. The molecule has 0 heterocycles. The molecule has 1 N–H and O–H groups in total. The van der Waals surface area contributed by atoms with Gasteiger partial charge in [-0.25, -0.2) is 0 Å². The Bertz CT molecular complexity index is 454. The lowest BCUT2D eigenvalue weighted by molar-refractivity contribution is -0.138. The lowest BCUT2D eigenvalue weighted by Crippen LogP contribution is -2.30. The van der Waals surface area contributed by atoms with E-state index in [0.29, 0.717) is 6.42 Å². The van der Waals surface area contributed by atoms with Gasteiger partial charge in [-0.3, -0.25) is 9.59 Å². The maximum atomic E-state index is 11.9. The van der Waals surface area contributed by atoms with E-state index in [-0.39, 0.29) is 18.9 Å². The van der Waals surface area contributed by atoms with Crippen LogP contribution in [0.25, 0.3) is 0 Å². The Labute approximate surface area is 107 Å². The van der Waals surface area contributed by atoms with Crippen molar-refractivity contribution in [3.63, 3.8) is 0 Å². The molecular formula is C14H19NO3. The fourth-order valence-electron chi connectivity index (χ4n) is 1.61. The lowest BCUT2D eigenvalue weighted by atomic mass is 10.0. The van der Waals surface area contributed by atoms with Crippen LogP contribution in [0.5, 0.6) is 0 Å². The molecule has 0 bridgehead atoms. The first-order valence-corrected chi connectivity index (χ1v) is 5.92. The molecule has 18 heavy (non-hydrogen) atoms. The maximum absolute atomic E-state index is 11.9. The van der Waals surface area contributed by atoms with E-state index in [4.69, 9.17) is 5.11 Å². The molecule has 1 amide bonds. The van der Waals surface area contributed by atoms with Crippen molar-refractivity contribution in [2.24, 2.45) is 0 Å². The van der Waals surface area contributed by atoms with E-state index < -0.39 is 5.97 Å². The van der Waals surface area contributed by atoms with Gasteiger partial charge in [0.25, 0.3) is 0 Å². The van der Waals surface area contributed by atoms with Crippen LogP contribution < -0.4 is 0 Å².